The number of rotatable bonds is 5. The maximum absolute atomic E-state index is 12.3. The number of primary amides is 1. The summed E-state index contributed by atoms with van der Waals surface area (Å²) in [4.78, 5) is 34.9. The molecule has 0 saturated heterocycles. The van der Waals surface area contributed by atoms with E-state index in [9.17, 15) is 14.4 Å². The molecule has 7 heteroatoms. The van der Waals surface area contributed by atoms with Gasteiger partial charge in [-0.3, -0.25) is 9.59 Å². The second kappa shape index (κ2) is 7.33. The van der Waals surface area contributed by atoms with Crippen LogP contribution in [0.5, 0.6) is 5.75 Å². The lowest BCUT2D eigenvalue weighted by Gasteiger charge is -2.15. The Morgan fingerprint density at radius 3 is 2.48 bits per heavy atom. The van der Waals surface area contributed by atoms with Gasteiger partial charge in [0.15, 0.2) is 6.10 Å². The van der Waals surface area contributed by atoms with Crippen molar-refractivity contribution in [2.75, 3.05) is 5.32 Å². The molecule has 3 N–H and O–H groups in total. The van der Waals surface area contributed by atoms with Gasteiger partial charge in [0, 0.05) is 28.8 Å². The Balaban J connectivity index is 1.71. The quantitative estimate of drug-likeness (QED) is 0.674. The van der Waals surface area contributed by atoms with Crippen molar-refractivity contribution in [2.45, 2.75) is 20.0 Å². The van der Waals surface area contributed by atoms with E-state index in [-0.39, 0.29) is 5.91 Å². The van der Waals surface area contributed by atoms with Crippen LogP contribution >= 0.6 is 0 Å². The van der Waals surface area contributed by atoms with Crippen molar-refractivity contribution in [1.82, 2.24) is 0 Å². The van der Waals surface area contributed by atoms with E-state index in [1.54, 1.807) is 37.3 Å². The zero-order valence-electron chi connectivity index (χ0n) is 14.8. The number of ether oxygens (including phenoxy) is 1. The number of nitrogens with one attached hydrogen (secondary N) is 1. The summed E-state index contributed by atoms with van der Waals surface area (Å²) in [5, 5.41) is 3.49. The molecule has 0 saturated carbocycles. The molecule has 0 fully saturated rings. The molecule has 1 atom stereocenters. The second-order valence-electron chi connectivity index (χ2n) is 6.10. The van der Waals surface area contributed by atoms with Gasteiger partial charge in [-0.1, -0.05) is 0 Å². The van der Waals surface area contributed by atoms with Crippen molar-refractivity contribution in [3.8, 4) is 5.75 Å². The smallest absolute Gasteiger partial charge is 0.336 e. The number of amides is 2. The minimum Gasteiger partial charge on any atom is -0.481 e. The highest BCUT2D eigenvalue weighted by molar-refractivity contribution is 5.96. The number of anilines is 1. The van der Waals surface area contributed by atoms with Crippen LogP contribution in [-0.2, 0) is 4.79 Å². The van der Waals surface area contributed by atoms with Gasteiger partial charge in [0.2, 0.25) is 5.91 Å². The van der Waals surface area contributed by atoms with E-state index in [0.29, 0.717) is 22.6 Å². The van der Waals surface area contributed by atoms with Crippen LogP contribution in [0.25, 0.3) is 11.0 Å². The summed E-state index contributed by atoms with van der Waals surface area (Å²) in [5.41, 5.74) is 6.81. The van der Waals surface area contributed by atoms with Crippen molar-refractivity contribution < 1.29 is 18.7 Å². The van der Waals surface area contributed by atoms with E-state index < -0.39 is 17.6 Å². The molecule has 2 amide bonds. The predicted molar refractivity (Wildman–Crippen MR) is 101 cm³/mol. The van der Waals surface area contributed by atoms with E-state index in [4.69, 9.17) is 14.9 Å². The van der Waals surface area contributed by atoms with E-state index >= 15 is 0 Å². The molecule has 27 heavy (non-hydrogen) atoms. The number of carbonyl (C=O) groups is 2. The lowest BCUT2D eigenvalue weighted by molar-refractivity contribution is -0.122. The largest absolute Gasteiger partial charge is 0.481 e. The van der Waals surface area contributed by atoms with E-state index in [2.05, 4.69) is 5.32 Å². The summed E-state index contributed by atoms with van der Waals surface area (Å²) >= 11 is 0. The third-order valence-corrected chi connectivity index (χ3v) is 4.04. The van der Waals surface area contributed by atoms with Crippen molar-refractivity contribution in [3.05, 3.63) is 70.1 Å². The van der Waals surface area contributed by atoms with Crippen LogP contribution in [0.2, 0.25) is 0 Å². The third-order valence-electron chi connectivity index (χ3n) is 4.04. The lowest BCUT2D eigenvalue weighted by atomic mass is 10.1. The van der Waals surface area contributed by atoms with Gasteiger partial charge in [-0.15, -0.1) is 0 Å². The first-order valence-corrected chi connectivity index (χ1v) is 8.25. The van der Waals surface area contributed by atoms with Crippen LogP contribution in [0.3, 0.4) is 0 Å². The SMILES string of the molecule is Cc1cc(=O)oc2cc(O[C@H](C)C(=O)Nc3ccc(C(N)=O)cc3)ccc12. The number of hydrogen-bond acceptors (Lipinski definition) is 5. The van der Waals surface area contributed by atoms with Crippen LogP contribution in [-0.4, -0.2) is 17.9 Å². The molecule has 2 aromatic carbocycles. The first-order chi connectivity index (χ1) is 12.8. The molecule has 7 nitrogen and oxygen atoms in total. The average Bonchev–Trinajstić information content (AvgIpc) is 2.61. The molecule has 0 aliphatic carbocycles. The van der Waals surface area contributed by atoms with Crippen molar-refractivity contribution in [3.63, 3.8) is 0 Å². The van der Waals surface area contributed by atoms with Gasteiger partial charge in [-0.05, 0) is 55.8 Å². The van der Waals surface area contributed by atoms with Gasteiger partial charge in [-0.2, -0.15) is 0 Å². The normalized spacial score (nSPS) is 11.8. The molecule has 0 bridgehead atoms. The summed E-state index contributed by atoms with van der Waals surface area (Å²) in [6.45, 7) is 3.42. The molecule has 1 heterocycles. The molecule has 138 valence electrons. The number of carbonyl (C=O) groups excluding carboxylic acids is 2. The van der Waals surface area contributed by atoms with Crippen molar-refractivity contribution >= 4 is 28.5 Å². The molecule has 0 aliphatic rings. The van der Waals surface area contributed by atoms with Crippen LogP contribution in [0.15, 0.2) is 57.7 Å². The Morgan fingerprint density at radius 2 is 1.81 bits per heavy atom. The summed E-state index contributed by atoms with van der Waals surface area (Å²) < 4.78 is 10.8. The fourth-order valence-electron chi connectivity index (χ4n) is 2.60. The first-order valence-electron chi connectivity index (χ1n) is 8.25. The highest BCUT2D eigenvalue weighted by Crippen LogP contribution is 2.23. The standard InChI is InChI=1S/C20H18N2O5/c1-11-9-18(23)27-17-10-15(7-8-16(11)17)26-12(2)20(25)22-14-5-3-13(4-6-14)19(21)24/h3-10,12H,1-2H3,(H2,21,24)(H,22,25)/t12-/m1/s1. The number of fused-ring (bicyclic) bond motifs is 1. The zero-order valence-corrected chi connectivity index (χ0v) is 14.8. The van der Waals surface area contributed by atoms with Gasteiger partial charge < -0.3 is 20.2 Å². The fourth-order valence-corrected chi connectivity index (χ4v) is 2.60. The Morgan fingerprint density at radius 1 is 1.11 bits per heavy atom. The molecular weight excluding hydrogens is 348 g/mol. The Bertz CT molecular complexity index is 1070. The molecular formula is C20H18N2O5. The number of nitrogens with two attached hydrogens (primary N) is 1. The van der Waals surface area contributed by atoms with Crippen LogP contribution in [0.1, 0.15) is 22.8 Å². The summed E-state index contributed by atoms with van der Waals surface area (Å²) in [6, 6.07) is 12.7. The van der Waals surface area contributed by atoms with Crippen LogP contribution < -0.4 is 21.4 Å². The molecule has 1 aromatic heterocycles. The predicted octanol–water partition coefficient (Wildman–Crippen LogP) is 2.61. The van der Waals surface area contributed by atoms with Gasteiger partial charge in [-0.25, -0.2) is 4.79 Å². The highest BCUT2D eigenvalue weighted by atomic mass is 16.5. The molecule has 3 rings (SSSR count). The number of hydrogen-bond donors (Lipinski definition) is 2. The zero-order chi connectivity index (χ0) is 19.6. The van der Waals surface area contributed by atoms with Gasteiger partial charge in [0.05, 0.1) is 0 Å². The second-order valence-corrected chi connectivity index (χ2v) is 6.10. The molecule has 0 aliphatic heterocycles. The maximum atomic E-state index is 12.3. The summed E-state index contributed by atoms with van der Waals surface area (Å²) in [6.07, 6.45) is -0.796. The van der Waals surface area contributed by atoms with Crippen LogP contribution in [0.4, 0.5) is 5.69 Å². The summed E-state index contributed by atoms with van der Waals surface area (Å²) in [7, 11) is 0. The third kappa shape index (κ3) is 4.14. The van der Waals surface area contributed by atoms with Crippen molar-refractivity contribution in [2.24, 2.45) is 5.73 Å². The van der Waals surface area contributed by atoms with Gasteiger partial charge in [0.1, 0.15) is 11.3 Å². The van der Waals surface area contributed by atoms with Gasteiger partial charge in [0.25, 0.3) is 5.91 Å². The average molecular weight is 366 g/mol. The van der Waals surface area contributed by atoms with Crippen molar-refractivity contribution in [1.29, 1.82) is 0 Å². The number of aryl methyl sites for hydroxylation is 1. The van der Waals surface area contributed by atoms with Crippen LogP contribution in [0, 0.1) is 6.92 Å². The Hall–Kier alpha value is -3.61. The molecule has 3 aromatic rings. The summed E-state index contributed by atoms with van der Waals surface area (Å²) in [5.74, 6) is -0.502. The minimum atomic E-state index is -0.796. The van der Waals surface area contributed by atoms with E-state index in [1.165, 1.54) is 18.2 Å². The Labute approximate surface area is 154 Å². The highest BCUT2D eigenvalue weighted by Gasteiger charge is 2.16. The number of benzene rings is 2. The molecule has 0 unspecified atom stereocenters. The first kappa shape index (κ1) is 18.2. The molecule has 0 spiro atoms. The fraction of sp³-hybridized carbons (Fsp3) is 0.150. The Kier molecular flexibility index (Phi) is 4.94. The lowest BCUT2D eigenvalue weighted by Crippen LogP contribution is -2.30. The topological polar surface area (TPSA) is 112 Å². The molecule has 0 radical (unpaired) electrons. The minimum absolute atomic E-state index is 0.352. The van der Waals surface area contributed by atoms with Gasteiger partial charge >= 0.3 is 5.63 Å². The van der Waals surface area contributed by atoms with E-state index in [1.807, 2.05) is 6.92 Å². The van der Waals surface area contributed by atoms with E-state index in [0.717, 1.165) is 10.9 Å². The monoisotopic (exact) mass is 366 g/mol. The maximum Gasteiger partial charge on any atom is 0.336 e.